The monoisotopic (exact) mass is 464 g/mol. The number of guanidine groups is 2. The van der Waals surface area contributed by atoms with Crippen molar-refractivity contribution >= 4 is 17.6 Å². The highest BCUT2D eigenvalue weighted by Crippen LogP contribution is 2.20. The van der Waals surface area contributed by atoms with Crippen LogP contribution < -0.4 is 21.3 Å². The Hall–Kier alpha value is -3.05. The smallest absolute Gasteiger partial charge is 0.203 e. The van der Waals surface area contributed by atoms with Crippen LogP contribution in [0.1, 0.15) is 58.3 Å². The molecule has 1 saturated carbocycles. The van der Waals surface area contributed by atoms with Gasteiger partial charge in [0.15, 0.2) is 5.96 Å². The van der Waals surface area contributed by atoms with Crippen molar-refractivity contribution in [2.24, 2.45) is 15.7 Å². The second-order valence-electron chi connectivity index (χ2n) is 9.05. The summed E-state index contributed by atoms with van der Waals surface area (Å²) in [4.78, 5) is 13.9. The van der Waals surface area contributed by atoms with Gasteiger partial charge in [-0.2, -0.15) is 5.26 Å². The second-order valence-corrected chi connectivity index (χ2v) is 9.05. The number of likely N-dealkylation sites (tertiary alicyclic amines) is 1. The Kier molecular flexibility index (Phi) is 10.2. The zero-order valence-electron chi connectivity index (χ0n) is 20.5. The van der Waals surface area contributed by atoms with E-state index in [4.69, 9.17) is 15.7 Å². The van der Waals surface area contributed by atoms with Crippen molar-refractivity contribution in [3.8, 4) is 6.07 Å². The molecule has 3 rings (SSSR count). The third-order valence-corrected chi connectivity index (χ3v) is 6.64. The van der Waals surface area contributed by atoms with Gasteiger partial charge in [-0.25, -0.2) is 4.99 Å². The maximum absolute atomic E-state index is 9.38. The number of nitrogens with one attached hydrogen (secondary N) is 2. The predicted molar refractivity (Wildman–Crippen MR) is 140 cm³/mol. The molecule has 1 atom stereocenters. The van der Waals surface area contributed by atoms with Gasteiger partial charge in [0.1, 0.15) is 12.4 Å². The Morgan fingerprint density at radius 1 is 1.15 bits per heavy atom. The molecule has 2 aliphatic rings. The molecule has 0 radical (unpaired) electrons. The third kappa shape index (κ3) is 7.77. The fourth-order valence-electron chi connectivity index (χ4n) is 4.79. The normalized spacial score (nSPS) is 20.4. The van der Waals surface area contributed by atoms with E-state index in [9.17, 15) is 5.26 Å². The van der Waals surface area contributed by atoms with Crippen molar-refractivity contribution < 1.29 is 0 Å². The first-order valence-corrected chi connectivity index (χ1v) is 12.6. The minimum atomic E-state index is 0.168. The summed E-state index contributed by atoms with van der Waals surface area (Å²) in [6, 6.07) is 12.6. The van der Waals surface area contributed by atoms with Crippen LogP contribution in [0.15, 0.2) is 52.7 Å². The summed E-state index contributed by atoms with van der Waals surface area (Å²) in [5.74, 6) is 1.44. The lowest BCUT2D eigenvalue weighted by molar-refractivity contribution is 0.273. The van der Waals surface area contributed by atoms with Gasteiger partial charge < -0.3 is 16.0 Å². The molecule has 1 unspecified atom stereocenters. The highest BCUT2D eigenvalue weighted by molar-refractivity contribution is 5.98. The maximum atomic E-state index is 9.38. The lowest BCUT2D eigenvalue weighted by atomic mass is 10.1. The van der Waals surface area contributed by atoms with Gasteiger partial charge in [-0.05, 0) is 50.9 Å². The van der Waals surface area contributed by atoms with Gasteiger partial charge in [-0.1, -0.05) is 57.4 Å². The zero-order chi connectivity index (χ0) is 24.2. The molecule has 8 heteroatoms. The van der Waals surface area contributed by atoms with Crippen molar-refractivity contribution in [2.75, 3.05) is 31.1 Å². The van der Waals surface area contributed by atoms with Gasteiger partial charge in [0, 0.05) is 11.7 Å². The van der Waals surface area contributed by atoms with E-state index >= 15 is 0 Å². The predicted octanol–water partition coefficient (Wildman–Crippen LogP) is 3.54. The number of benzene rings is 1. The molecule has 0 spiro atoms. The van der Waals surface area contributed by atoms with Crippen LogP contribution in [0.25, 0.3) is 0 Å². The number of anilines is 1. The Morgan fingerprint density at radius 2 is 1.88 bits per heavy atom. The van der Waals surface area contributed by atoms with Crippen LogP contribution in [0.4, 0.5) is 5.69 Å². The average molecular weight is 465 g/mol. The highest BCUT2D eigenvalue weighted by atomic mass is 15.3. The standard InChI is InChI=1S/C26H40N8/c1-3-33-18-11-16-24(33)20-29-26(32-25(28)31-22-12-7-4-5-8-13-22)30-21(2)34(19-17-27)23-14-9-6-10-15-23/h6,9-10,14-15,22,24H,2-5,7-8,11-13,16,18-20H2,1H3,(H4,28,29,30,31,32). The number of nitrogens with zero attached hydrogens (tertiary/aromatic N) is 5. The largest absolute Gasteiger partial charge is 0.370 e. The quantitative estimate of drug-likeness (QED) is 0.235. The van der Waals surface area contributed by atoms with E-state index in [2.05, 4.69) is 35.1 Å². The molecule has 1 aliphatic carbocycles. The first kappa shape index (κ1) is 25.6. The van der Waals surface area contributed by atoms with Crippen molar-refractivity contribution in [1.29, 1.82) is 5.26 Å². The number of likely N-dealkylation sites (N-methyl/N-ethyl adjacent to an activating group) is 1. The van der Waals surface area contributed by atoms with Crippen LogP contribution >= 0.6 is 0 Å². The Bertz CT molecular complexity index is 865. The molecule has 8 nitrogen and oxygen atoms in total. The Morgan fingerprint density at radius 3 is 2.56 bits per heavy atom. The van der Waals surface area contributed by atoms with Crippen LogP contribution in [0.2, 0.25) is 0 Å². The number of aliphatic imine (C=N–C) groups is 2. The van der Waals surface area contributed by atoms with Crippen LogP contribution in [0.3, 0.4) is 0 Å². The molecular formula is C26H40N8. The summed E-state index contributed by atoms with van der Waals surface area (Å²) in [6.07, 6.45) is 9.44. The number of nitrogens with two attached hydrogens (primary N) is 1. The molecule has 1 aliphatic heterocycles. The van der Waals surface area contributed by atoms with Gasteiger partial charge in [-0.15, -0.1) is 0 Å². The van der Waals surface area contributed by atoms with Crippen LogP contribution in [0.5, 0.6) is 0 Å². The maximum Gasteiger partial charge on any atom is 0.203 e. The summed E-state index contributed by atoms with van der Waals surface area (Å²) in [5, 5.41) is 15.9. The van der Waals surface area contributed by atoms with Crippen LogP contribution in [0, 0.1) is 11.3 Å². The molecule has 1 aromatic carbocycles. The number of hydrogen-bond acceptors (Lipinski definition) is 5. The molecule has 0 aromatic heterocycles. The fraction of sp³-hybridized carbons (Fsp3) is 0.577. The molecule has 2 fully saturated rings. The highest BCUT2D eigenvalue weighted by Gasteiger charge is 2.23. The molecule has 34 heavy (non-hydrogen) atoms. The summed E-state index contributed by atoms with van der Waals surface area (Å²) < 4.78 is 0. The Labute approximate surface area is 204 Å². The molecule has 184 valence electrons. The number of rotatable bonds is 8. The van der Waals surface area contributed by atoms with E-state index in [-0.39, 0.29) is 12.6 Å². The lowest BCUT2D eigenvalue weighted by Crippen LogP contribution is -2.48. The average Bonchev–Trinajstić information content (AvgIpc) is 3.16. The number of para-hydroxylation sites is 1. The van der Waals surface area contributed by atoms with Gasteiger partial charge in [-0.3, -0.25) is 15.2 Å². The topological polar surface area (TPSA) is 105 Å². The Balaban J connectivity index is 1.75. The van der Waals surface area contributed by atoms with E-state index in [1.807, 2.05) is 35.2 Å². The molecule has 1 heterocycles. The van der Waals surface area contributed by atoms with Crippen molar-refractivity contribution in [1.82, 2.24) is 15.5 Å². The second kappa shape index (κ2) is 13.6. The van der Waals surface area contributed by atoms with Crippen molar-refractivity contribution in [3.05, 3.63) is 42.7 Å². The fourth-order valence-corrected chi connectivity index (χ4v) is 4.79. The first-order valence-electron chi connectivity index (χ1n) is 12.6. The molecule has 1 aromatic rings. The van der Waals surface area contributed by atoms with Gasteiger partial charge >= 0.3 is 0 Å². The summed E-state index contributed by atoms with van der Waals surface area (Å²) in [6.45, 7) is 9.36. The molecule has 1 saturated heterocycles. The SMILES string of the molecule is C=C(NC(=NCC1CCCN1CC)NC(N)=NC1CCCCCC1)N(CC#N)c1ccccc1. The number of hydrogen-bond donors (Lipinski definition) is 3. The van der Waals surface area contributed by atoms with Gasteiger partial charge in [0.2, 0.25) is 5.96 Å². The third-order valence-electron chi connectivity index (χ3n) is 6.64. The van der Waals surface area contributed by atoms with Crippen LogP contribution in [-0.4, -0.2) is 55.1 Å². The minimum absolute atomic E-state index is 0.168. The molecular weight excluding hydrogens is 424 g/mol. The molecule has 0 amide bonds. The lowest BCUT2D eigenvalue weighted by Gasteiger charge is -2.26. The summed E-state index contributed by atoms with van der Waals surface area (Å²) >= 11 is 0. The van der Waals surface area contributed by atoms with Crippen molar-refractivity contribution in [2.45, 2.75) is 70.4 Å². The van der Waals surface area contributed by atoms with E-state index < -0.39 is 0 Å². The van der Waals surface area contributed by atoms with Gasteiger partial charge in [0.05, 0.1) is 18.7 Å². The minimum Gasteiger partial charge on any atom is -0.370 e. The number of nitriles is 1. The summed E-state index contributed by atoms with van der Waals surface area (Å²) in [5.41, 5.74) is 7.21. The summed E-state index contributed by atoms with van der Waals surface area (Å²) in [7, 11) is 0. The molecule has 4 N–H and O–H groups in total. The van der Waals surface area contributed by atoms with Crippen LogP contribution in [-0.2, 0) is 0 Å². The van der Waals surface area contributed by atoms with Gasteiger partial charge in [0.25, 0.3) is 0 Å². The van der Waals surface area contributed by atoms with Crippen molar-refractivity contribution in [3.63, 3.8) is 0 Å². The van der Waals surface area contributed by atoms with E-state index in [1.165, 1.54) is 32.1 Å². The van der Waals surface area contributed by atoms with E-state index in [0.29, 0.717) is 30.3 Å². The molecule has 0 bridgehead atoms. The van der Waals surface area contributed by atoms with E-state index in [0.717, 1.165) is 38.0 Å². The van der Waals surface area contributed by atoms with E-state index in [1.54, 1.807) is 0 Å². The zero-order valence-corrected chi connectivity index (χ0v) is 20.5. The first-order chi connectivity index (χ1) is 16.6.